The van der Waals surface area contributed by atoms with Crippen LogP contribution in [0, 0.1) is 0 Å². The molecule has 1 aliphatic heterocycles. The molecule has 1 aliphatic rings. The van der Waals surface area contributed by atoms with Crippen molar-refractivity contribution in [2.24, 2.45) is 0 Å². The Balaban J connectivity index is 1.96. The maximum Gasteiger partial charge on any atom is 0.0666 e. The van der Waals surface area contributed by atoms with Gasteiger partial charge in [0.05, 0.1) is 12.7 Å². The molecule has 1 fully saturated rings. The molecule has 0 aromatic heterocycles. The molecule has 3 atom stereocenters. The number of thioether (sulfide) groups is 1. The second-order valence-electron chi connectivity index (χ2n) is 4.08. The van der Waals surface area contributed by atoms with Crippen molar-refractivity contribution in [1.29, 1.82) is 0 Å². The fourth-order valence-corrected chi connectivity index (χ4v) is 2.91. The van der Waals surface area contributed by atoms with Crippen molar-refractivity contribution >= 4 is 11.8 Å². The van der Waals surface area contributed by atoms with Crippen LogP contribution in [0.2, 0.25) is 0 Å². The number of ether oxygens (including phenoxy) is 2. The lowest BCUT2D eigenvalue weighted by molar-refractivity contribution is 0.127. The van der Waals surface area contributed by atoms with Gasteiger partial charge >= 0.3 is 0 Å². The second-order valence-corrected chi connectivity index (χ2v) is 5.43. The van der Waals surface area contributed by atoms with Crippen LogP contribution in [-0.2, 0) is 9.47 Å². The Morgan fingerprint density at radius 2 is 2.40 bits per heavy atom. The Morgan fingerprint density at radius 1 is 1.60 bits per heavy atom. The van der Waals surface area contributed by atoms with Gasteiger partial charge in [0.25, 0.3) is 0 Å². The molecule has 4 heteroatoms. The SMILES string of the molecule is COCC(C)NCCSC1CCOC1C. The van der Waals surface area contributed by atoms with Gasteiger partial charge in [-0.1, -0.05) is 0 Å². The smallest absolute Gasteiger partial charge is 0.0666 e. The van der Waals surface area contributed by atoms with Gasteiger partial charge in [0.2, 0.25) is 0 Å². The lowest BCUT2D eigenvalue weighted by Crippen LogP contribution is -2.32. The number of methoxy groups -OCH3 is 1. The number of nitrogens with one attached hydrogen (secondary N) is 1. The van der Waals surface area contributed by atoms with Gasteiger partial charge in [0.1, 0.15) is 0 Å². The fourth-order valence-electron chi connectivity index (χ4n) is 1.76. The van der Waals surface area contributed by atoms with Crippen molar-refractivity contribution < 1.29 is 9.47 Å². The van der Waals surface area contributed by atoms with Crippen molar-refractivity contribution in [1.82, 2.24) is 5.32 Å². The number of hydrogen-bond acceptors (Lipinski definition) is 4. The van der Waals surface area contributed by atoms with E-state index in [9.17, 15) is 0 Å². The molecule has 0 bridgehead atoms. The van der Waals surface area contributed by atoms with Crippen LogP contribution < -0.4 is 5.32 Å². The Bertz CT molecular complexity index is 169. The van der Waals surface area contributed by atoms with E-state index in [1.165, 1.54) is 6.42 Å². The predicted octanol–water partition coefficient (Wildman–Crippen LogP) is 1.52. The third kappa shape index (κ3) is 5.20. The van der Waals surface area contributed by atoms with Gasteiger partial charge in [-0.2, -0.15) is 11.8 Å². The highest BCUT2D eigenvalue weighted by molar-refractivity contribution is 8.00. The Morgan fingerprint density at radius 3 is 3.00 bits per heavy atom. The monoisotopic (exact) mass is 233 g/mol. The molecule has 0 saturated carbocycles. The average molecular weight is 233 g/mol. The van der Waals surface area contributed by atoms with E-state index in [4.69, 9.17) is 9.47 Å². The highest BCUT2D eigenvalue weighted by Crippen LogP contribution is 2.25. The minimum absolute atomic E-state index is 0.436. The molecular weight excluding hydrogens is 210 g/mol. The van der Waals surface area contributed by atoms with Gasteiger partial charge in [0.15, 0.2) is 0 Å². The van der Waals surface area contributed by atoms with E-state index in [1.54, 1.807) is 7.11 Å². The van der Waals surface area contributed by atoms with E-state index in [1.807, 2.05) is 11.8 Å². The predicted molar refractivity (Wildman–Crippen MR) is 65.6 cm³/mol. The minimum Gasteiger partial charge on any atom is -0.383 e. The van der Waals surface area contributed by atoms with Gasteiger partial charge in [-0.25, -0.2) is 0 Å². The molecule has 0 aromatic rings. The lowest BCUT2D eigenvalue weighted by Gasteiger charge is -2.15. The summed E-state index contributed by atoms with van der Waals surface area (Å²) in [4.78, 5) is 0. The van der Waals surface area contributed by atoms with Crippen molar-refractivity contribution in [3.63, 3.8) is 0 Å². The summed E-state index contributed by atoms with van der Waals surface area (Å²) in [5.41, 5.74) is 0. The molecule has 0 amide bonds. The van der Waals surface area contributed by atoms with Crippen LogP contribution in [0.3, 0.4) is 0 Å². The highest BCUT2D eigenvalue weighted by atomic mass is 32.2. The first kappa shape index (κ1) is 13.3. The molecule has 15 heavy (non-hydrogen) atoms. The standard InChI is InChI=1S/C11H23NO2S/c1-9(8-13-3)12-5-7-15-11-4-6-14-10(11)2/h9-12H,4-8H2,1-3H3. The summed E-state index contributed by atoms with van der Waals surface area (Å²) < 4.78 is 10.6. The Labute approximate surface area is 97.3 Å². The van der Waals surface area contributed by atoms with Gasteiger partial charge in [-0.15, -0.1) is 0 Å². The molecule has 3 unspecified atom stereocenters. The van der Waals surface area contributed by atoms with Crippen LogP contribution in [0.4, 0.5) is 0 Å². The zero-order valence-electron chi connectivity index (χ0n) is 9.99. The maximum atomic E-state index is 5.52. The van der Waals surface area contributed by atoms with Crippen LogP contribution in [0.25, 0.3) is 0 Å². The van der Waals surface area contributed by atoms with Crippen molar-refractivity contribution in [3.05, 3.63) is 0 Å². The zero-order chi connectivity index (χ0) is 11.1. The highest BCUT2D eigenvalue weighted by Gasteiger charge is 2.23. The third-order valence-electron chi connectivity index (χ3n) is 2.65. The van der Waals surface area contributed by atoms with Crippen LogP contribution in [0.5, 0.6) is 0 Å². The van der Waals surface area contributed by atoms with Crippen molar-refractivity contribution in [3.8, 4) is 0 Å². The molecule has 0 spiro atoms. The van der Waals surface area contributed by atoms with E-state index in [0.717, 1.165) is 25.5 Å². The molecule has 3 nitrogen and oxygen atoms in total. The number of hydrogen-bond donors (Lipinski definition) is 1. The quantitative estimate of drug-likeness (QED) is 0.675. The average Bonchev–Trinajstić information content (AvgIpc) is 2.60. The van der Waals surface area contributed by atoms with Crippen molar-refractivity contribution in [2.75, 3.05) is 32.6 Å². The molecule has 1 saturated heterocycles. The topological polar surface area (TPSA) is 30.5 Å². The molecule has 0 aliphatic carbocycles. The normalized spacial score (nSPS) is 28.2. The van der Waals surface area contributed by atoms with Crippen LogP contribution in [0.1, 0.15) is 20.3 Å². The van der Waals surface area contributed by atoms with E-state index in [0.29, 0.717) is 17.4 Å². The van der Waals surface area contributed by atoms with Crippen LogP contribution in [0.15, 0.2) is 0 Å². The summed E-state index contributed by atoms with van der Waals surface area (Å²) in [7, 11) is 1.74. The zero-order valence-corrected chi connectivity index (χ0v) is 10.8. The van der Waals surface area contributed by atoms with Gasteiger partial charge < -0.3 is 14.8 Å². The molecule has 0 radical (unpaired) electrons. The maximum absolute atomic E-state index is 5.52. The molecule has 0 aromatic carbocycles. The van der Waals surface area contributed by atoms with Crippen LogP contribution in [-0.4, -0.2) is 50.0 Å². The first-order valence-corrected chi connectivity index (χ1v) is 6.74. The minimum atomic E-state index is 0.436. The molecule has 90 valence electrons. The second kappa shape index (κ2) is 7.49. The van der Waals surface area contributed by atoms with E-state index in [2.05, 4.69) is 19.2 Å². The number of rotatable bonds is 7. The van der Waals surface area contributed by atoms with E-state index >= 15 is 0 Å². The van der Waals surface area contributed by atoms with Crippen LogP contribution >= 0.6 is 11.8 Å². The summed E-state index contributed by atoms with van der Waals surface area (Å²) in [5.74, 6) is 1.16. The largest absolute Gasteiger partial charge is 0.383 e. The third-order valence-corrected chi connectivity index (χ3v) is 4.14. The summed E-state index contributed by atoms with van der Waals surface area (Å²) in [6.07, 6.45) is 1.64. The van der Waals surface area contributed by atoms with Gasteiger partial charge in [0, 0.05) is 37.3 Å². The molecule has 1 rings (SSSR count). The van der Waals surface area contributed by atoms with Crippen molar-refractivity contribution in [2.45, 2.75) is 37.7 Å². The summed E-state index contributed by atoms with van der Waals surface area (Å²) in [5, 5.41) is 4.13. The van der Waals surface area contributed by atoms with E-state index in [-0.39, 0.29) is 0 Å². The molecular formula is C11H23NO2S. The molecule has 1 heterocycles. The summed E-state index contributed by atoms with van der Waals surface area (Å²) in [6, 6.07) is 0.452. The Kier molecular flexibility index (Phi) is 6.64. The Hall–Kier alpha value is 0.230. The molecule has 1 N–H and O–H groups in total. The first-order valence-electron chi connectivity index (χ1n) is 5.69. The summed E-state index contributed by atoms with van der Waals surface area (Å²) >= 11 is 2.02. The fraction of sp³-hybridized carbons (Fsp3) is 1.00. The van der Waals surface area contributed by atoms with E-state index < -0.39 is 0 Å². The summed E-state index contributed by atoms with van der Waals surface area (Å²) in [6.45, 7) is 7.10. The van der Waals surface area contributed by atoms with Gasteiger partial charge in [-0.3, -0.25) is 0 Å². The first-order chi connectivity index (χ1) is 7.24. The van der Waals surface area contributed by atoms with Gasteiger partial charge in [-0.05, 0) is 20.3 Å². The lowest BCUT2D eigenvalue weighted by atomic mass is 10.3.